The van der Waals surface area contributed by atoms with Crippen molar-refractivity contribution in [2.24, 2.45) is 5.41 Å². The van der Waals surface area contributed by atoms with Gasteiger partial charge in [-0.1, -0.05) is 57.2 Å². The van der Waals surface area contributed by atoms with E-state index in [4.69, 9.17) is 0 Å². The molecular weight excluding hydrogens is 380 g/mol. The maximum absolute atomic E-state index is 13.0. The summed E-state index contributed by atoms with van der Waals surface area (Å²) in [5, 5.41) is 14.0. The van der Waals surface area contributed by atoms with Crippen molar-refractivity contribution in [2.75, 3.05) is 16.8 Å². The predicted molar refractivity (Wildman–Crippen MR) is 116 cm³/mol. The van der Waals surface area contributed by atoms with E-state index in [2.05, 4.69) is 11.9 Å². The maximum atomic E-state index is 13.0. The molecule has 0 spiro atoms. The number of nitrogens with one attached hydrogen (secondary N) is 1. The lowest BCUT2D eigenvalue weighted by molar-refractivity contribution is -0.135. The molecule has 1 atom stereocenters. The highest BCUT2D eigenvalue weighted by Gasteiger charge is 2.50. The quantitative estimate of drug-likeness (QED) is 0.566. The van der Waals surface area contributed by atoms with Crippen LogP contribution in [0.5, 0.6) is 0 Å². The highest BCUT2D eigenvalue weighted by atomic mass is 16.3. The Morgan fingerprint density at radius 1 is 1.17 bits per heavy atom. The second-order valence-corrected chi connectivity index (χ2v) is 8.47. The van der Waals surface area contributed by atoms with Gasteiger partial charge >= 0.3 is 0 Å². The summed E-state index contributed by atoms with van der Waals surface area (Å²) in [5.41, 5.74) is -0.751. The average Bonchev–Trinajstić information content (AvgIpc) is 2.90. The minimum Gasteiger partial charge on any atom is -0.375 e. The number of nitrogens with zero attached hydrogens (tertiary/aromatic N) is 1. The van der Waals surface area contributed by atoms with E-state index in [9.17, 15) is 19.5 Å². The van der Waals surface area contributed by atoms with Gasteiger partial charge < -0.3 is 15.3 Å². The van der Waals surface area contributed by atoms with Crippen LogP contribution in [0.15, 0.2) is 61.2 Å². The van der Waals surface area contributed by atoms with Crippen LogP contribution in [0.25, 0.3) is 0 Å². The number of ketones is 1. The van der Waals surface area contributed by atoms with Crippen LogP contribution in [0.1, 0.15) is 43.1 Å². The summed E-state index contributed by atoms with van der Waals surface area (Å²) < 4.78 is 0. The van der Waals surface area contributed by atoms with Gasteiger partial charge in [-0.2, -0.15) is 0 Å². The lowest BCUT2D eigenvalue weighted by Gasteiger charge is -2.22. The van der Waals surface area contributed by atoms with Gasteiger partial charge in [-0.25, -0.2) is 0 Å². The van der Waals surface area contributed by atoms with Crippen molar-refractivity contribution in [3.05, 3.63) is 72.3 Å². The fraction of sp³-hybridized carbons (Fsp3) is 0.292. The molecule has 1 aliphatic heterocycles. The Morgan fingerprint density at radius 3 is 2.53 bits per heavy atom. The molecule has 2 aromatic rings. The van der Waals surface area contributed by atoms with Gasteiger partial charge in [0.1, 0.15) is 0 Å². The van der Waals surface area contributed by atoms with Crippen LogP contribution in [-0.4, -0.2) is 29.2 Å². The SMILES string of the molecule is C=CCN1C(=O)[C@@](O)(CC(=O)c2cccc(NC(=O)C(C)(C)C)c2)c2ccccc21. The molecule has 30 heavy (non-hydrogen) atoms. The molecule has 0 saturated carbocycles. The Kier molecular flexibility index (Phi) is 5.63. The zero-order chi connectivity index (χ0) is 22.1. The molecule has 2 N–H and O–H groups in total. The van der Waals surface area contributed by atoms with Gasteiger partial charge in [0, 0.05) is 28.8 Å². The molecule has 1 heterocycles. The molecule has 2 amide bonds. The van der Waals surface area contributed by atoms with Crippen molar-refractivity contribution in [1.29, 1.82) is 0 Å². The Balaban J connectivity index is 1.87. The van der Waals surface area contributed by atoms with Crippen molar-refractivity contribution in [3.8, 4) is 0 Å². The zero-order valence-corrected chi connectivity index (χ0v) is 17.4. The maximum Gasteiger partial charge on any atom is 0.264 e. The molecule has 2 aromatic carbocycles. The van der Waals surface area contributed by atoms with Gasteiger partial charge in [0.25, 0.3) is 5.91 Å². The van der Waals surface area contributed by atoms with Crippen LogP contribution in [0.4, 0.5) is 11.4 Å². The van der Waals surface area contributed by atoms with E-state index >= 15 is 0 Å². The number of benzene rings is 2. The first-order valence-corrected chi connectivity index (χ1v) is 9.77. The average molecular weight is 406 g/mol. The minimum atomic E-state index is -1.94. The molecule has 0 radical (unpaired) electrons. The lowest BCUT2D eigenvalue weighted by Crippen LogP contribution is -2.41. The molecule has 0 unspecified atom stereocenters. The number of anilines is 2. The number of hydrogen-bond acceptors (Lipinski definition) is 4. The van der Waals surface area contributed by atoms with Gasteiger partial charge in [-0.3, -0.25) is 14.4 Å². The van der Waals surface area contributed by atoms with Gasteiger partial charge in [0.2, 0.25) is 5.91 Å². The van der Waals surface area contributed by atoms with Crippen LogP contribution in [-0.2, 0) is 15.2 Å². The molecule has 0 bridgehead atoms. The fourth-order valence-electron chi connectivity index (χ4n) is 3.41. The summed E-state index contributed by atoms with van der Waals surface area (Å²) in [4.78, 5) is 39.6. The second-order valence-electron chi connectivity index (χ2n) is 8.47. The summed E-state index contributed by atoms with van der Waals surface area (Å²) in [6.45, 7) is 9.29. The summed E-state index contributed by atoms with van der Waals surface area (Å²) >= 11 is 0. The third kappa shape index (κ3) is 3.91. The number of fused-ring (bicyclic) bond motifs is 1. The largest absolute Gasteiger partial charge is 0.375 e. The highest BCUT2D eigenvalue weighted by molar-refractivity contribution is 6.11. The van der Waals surface area contributed by atoms with Crippen LogP contribution < -0.4 is 10.2 Å². The van der Waals surface area contributed by atoms with Crippen molar-refractivity contribution in [1.82, 2.24) is 0 Å². The van der Waals surface area contributed by atoms with E-state index in [0.29, 0.717) is 22.5 Å². The number of rotatable bonds is 6. The van der Waals surface area contributed by atoms with Gasteiger partial charge in [-0.15, -0.1) is 6.58 Å². The number of amides is 2. The molecule has 156 valence electrons. The van der Waals surface area contributed by atoms with Gasteiger partial charge in [0.05, 0.1) is 12.1 Å². The molecular formula is C24H26N2O4. The highest BCUT2D eigenvalue weighted by Crippen LogP contribution is 2.42. The third-order valence-corrected chi connectivity index (χ3v) is 5.09. The summed E-state index contributed by atoms with van der Waals surface area (Å²) in [5.74, 6) is -1.12. The Bertz CT molecular complexity index is 1020. The molecule has 3 rings (SSSR count). The van der Waals surface area contributed by atoms with E-state index < -0.39 is 29.1 Å². The van der Waals surface area contributed by atoms with Crippen LogP contribution >= 0.6 is 0 Å². The van der Waals surface area contributed by atoms with Crippen molar-refractivity contribution in [3.63, 3.8) is 0 Å². The normalized spacial score (nSPS) is 18.1. The first kappa shape index (κ1) is 21.5. The number of Topliss-reactive ketones (excluding diaryl/α,β-unsaturated/α-hetero) is 1. The van der Waals surface area contributed by atoms with E-state index in [1.54, 1.807) is 75.4 Å². The summed E-state index contributed by atoms with van der Waals surface area (Å²) in [6.07, 6.45) is 1.18. The smallest absolute Gasteiger partial charge is 0.264 e. The van der Waals surface area contributed by atoms with E-state index in [1.165, 1.54) is 4.90 Å². The third-order valence-electron chi connectivity index (χ3n) is 5.09. The summed E-state index contributed by atoms with van der Waals surface area (Å²) in [7, 11) is 0. The van der Waals surface area contributed by atoms with Crippen LogP contribution in [0.2, 0.25) is 0 Å². The predicted octanol–water partition coefficient (Wildman–Crippen LogP) is 3.66. The van der Waals surface area contributed by atoms with E-state index in [-0.39, 0.29) is 12.5 Å². The topological polar surface area (TPSA) is 86.7 Å². The number of carbonyl (C=O) groups excluding carboxylic acids is 3. The van der Waals surface area contributed by atoms with Crippen LogP contribution in [0, 0.1) is 5.41 Å². The fourth-order valence-corrected chi connectivity index (χ4v) is 3.41. The molecule has 0 aliphatic carbocycles. The van der Waals surface area contributed by atoms with Crippen LogP contribution in [0.3, 0.4) is 0 Å². The second kappa shape index (κ2) is 7.88. The number of carbonyl (C=O) groups is 3. The number of hydrogen-bond donors (Lipinski definition) is 2. The molecule has 6 nitrogen and oxygen atoms in total. The molecule has 0 aromatic heterocycles. The molecule has 0 saturated heterocycles. The molecule has 1 aliphatic rings. The Labute approximate surface area is 176 Å². The van der Waals surface area contributed by atoms with E-state index in [0.717, 1.165) is 0 Å². The standard InChI is InChI=1S/C24H26N2O4/c1-5-13-26-19-12-7-6-11-18(19)24(30,22(26)29)15-20(27)16-9-8-10-17(14-16)25-21(28)23(2,3)4/h5-12,14,30H,1,13,15H2,2-4H3,(H,25,28)/t24-/m1/s1. The molecule has 0 fully saturated rings. The zero-order valence-electron chi connectivity index (χ0n) is 17.4. The minimum absolute atomic E-state index is 0.175. The first-order valence-electron chi connectivity index (χ1n) is 9.77. The Morgan fingerprint density at radius 2 is 1.87 bits per heavy atom. The van der Waals surface area contributed by atoms with Crippen molar-refractivity contribution < 1.29 is 19.5 Å². The van der Waals surface area contributed by atoms with Crippen molar-refractivity contribution in [2.45, 2.75) is 32.8 Å². The van der Waals surface area contributed by atoms with Crippen molar-refractivity contribution >= 4 is 29.0 Å². The Hall–Kier alpha value is -3.25. The van der Waals surface area contributed by atoms with Gasteiger partial charge in [0.15, 0.2) is 11.4 Å². The lowest BCUT2D eigenvalue weighted by atomic mass is 9.88. The summed E-state index contributed by atoms with van der Waals surface area (Å²) in [6, 6.07) is 13.4. The molecule has 6 heteroatoms. The number of aliphatic hydroxyl groups is 1. The monoisotopic (exact) mass is 406 g/mol. The van der Waals surface area contributed by atoms with Gasteiger partial charge in [-0.05, 0) is 18.2 Å². The number of para-hydroxylation sites is 1. The van der Waals surface area contributed by atoms with E-state index in [1.807, 2.05) is 0 Å². The first-order chi connectivity index (χ1) is 14.1.